The summed E-state index contributed by atoms with van der Waals surface area (Å²) >= 11 is 0. The van der Waals surface area contributed by atoms with E-state index < -0.39 is 18.2 Å². The monoisotopic (exact) mass is 351 g/mol. The lowest BCUT2D eigenvalue weighted by molar-refractivity contribution is -0.131. The van der Waals surface area contributed by atoms with E-state index in [2.05, 4.69) is 13.2 Å². The molecular weight excluding hydrogens is 325 g/mol. The summed E-state index contributed by atoms with van der Waals surface area (Å²) in [5.74, 6) is -1.08. The highest BCUT2D eigenvalue weighted by Crippen LogP contribution is 2.20. The van der Waals surface area contributed by atoms with Gasteiger partial charge in [0.15, 0.2) is 6.17 Å². The highest BCUT2D eigenvalue weighted by atomic mass is 19.1. The van der Waals surface area contributed by atoms with Gasteiger partial charge in [-0.1, -0.05) is 49.6 Å². The van der Waals surface area contributed by atoms with Gasteiger partial charge in [0.05, 0.1) is 19.3 Å². The third-order valence-electron chi connectivity index (χ3n) is 3.85. The molecule has 1 fully saturated rings. The minimum atomic E-state index is -1.61. The minimum absolute atomic E-state index is 0.0708. The Labute approximate surface area is 148 Å². The summed E-state index contributed by atoms with van der Waals surface area (Å²) in [5.41, 5.74) is 0.283. The second kappa shape index (κ2) is 11.5. The number of morpholine rings is 1. The van der Waals surface area contributed by atoms with E-state index in [0.717, 1.165) is 6.08 Å². The van der Waals surface area contributed by atoms with Crippen LogP contribution >= 0.6 is 0 Å². The van der Waals surface area contributed by atoms with Gasteiger partial charge in [0, 0.05) is 25.2 Å². The van der Waals surface area contributed by atoms with E-state index in [1.165, 1.54) is 30.4 Å². The van der Waals surface area contributed by atoms with E-state index in [-0.39, 0.29) is 18.0 Å². The number of ether oxygens (including phenoxy) is 1. The number of carboxylic acid groups (broad SMARTS) is 1. The van der Waals surface area contributed by atoms with E-state index in [1.807, 2.05) is 4.90 Å². The van der Waals surface area contributed by atoms with Crippen molar-refractivity contribution < 1.29 is 24.1 Å². The maximum absolute atomic E-state index is 14.7. The summed E-state index contributed by atoms with van der Waals surface area (Å²) in [6, 6.07) is -0.387. The molecule has 0 radical (unpaired) electrons. The molecule has 0 aromatic heterocycles. The zero-order valence-corrected chi connectivity index (χ0v) is 14.3. The van der Waals surface area contributed by atoms with Gasteiger partial charge < -0.3 is 14.9 Å². The lowest BCUT2D eigenvalue weighted by atomic mass is 9.97. The standard InChI is InChI=1S/C19H26FNO4/c1-3-5-7-15(6-4-2)19(20)17(22)14-16(8-9-18(23)24)21-10-12-25-13-11-21/h3-9,16-17,19,22H,1-2,10-14H2,(H,23,24)/b7-5-,9-8-,15-6+. The molecule has 138 valence electrons. The van der Waals surface area contributed by atoms with Gasteiger partial charge in [-0.2, -0.15) is 0 Å². The fourth-order valence-electron chi connectivity index (χ4n) is 2.60. The third kappa shape index (κ3) is 7.60. The number of rotatable bonds is 10. The molecule has 6 heteroatoms. The van der Waals surface area contributed by atoms with Crippen LogP contribution in [-0.2, 0) is 9.53 Å². The Balaban J connectivity index is 2.87. The molecule has 2 N–H and O–H groups in total. The Morgan fingerprint density at radius 3 is 2.48 bits per heavy atom. The van der Waals surface area contributed by atoms with Crippen LogP contribution in [0.15, 0.2) is 61.3 Å². The summed E-state index contributed by atoms with van der Waals surface area (Å²) in [6.45, 7) is 9.34. The first kappa shape index (κ1) is 21.0. The highest BCUT2D eigenvalue weighted by molar-refractivity contribution is 5.79. The van der Waals surface area contributed by atoms with Crippen molar-refractivity contribution in [2.24, 2.45) is 0 Å². The number of halogens is 1. The van der Waals surface area contributed by atoms with Crippen LogP contribution in [0.5, 0.6) is 0 Å². The number of aliphatic carboxylic acids is 1. The molecule has 0 spiro atoms. The molecule has 1 rings (SSSR count). The zero-order valence-electron chi connectivity index (χ0n) is 14.3. The van der Waals surface area contributed by atoms with Gasteiger partial charge in [-0.25, -0.2) is 9.18 Å². The Hall–Kier alpha value is -2.02. The van der Waals surface area contributed by atoms with Crippen LogP contribution in [-0.4, -0.2) is 65.7 Å². The predicted octanol–water partition coefficient (Wildman–Crippen LogP) is 2.27. The number of aliphatic hydroxyl groups excluding tert-OH is 1. The van der Waals surface area contributed by atoms with E-state index in [1.54, 1.807) is 6.08 Å². The summed E-state index contributed by atoms with van der Waals surface area (Å²) < 4.78 is 19.9. The normalized spacial score (nSPS) is 20.5. The topological polar surface area (TPSA) is 70.0 Å². The van der Waals surface area contributed by atoms with Crippen LogP contribution in [0.4, 0.5) is 4.39 Å². The molecule has 0 aliphatic carbocycles. The third-order valence-corrected chi connectivity index (χ3v) is 3.85. The van der Waals surface area contributed by atoms with E-state index in [9.17, 15) is 14.3 Å². The zero-order chi connectivity index (χ0) is 18.7. The first-order valence-corrected chi connectivity index (χ1v) is 8.16. The SMILES string of the molecule is C=C/C=C\C(=C/C=C)C(F)C(O)CC(/C=C\C(=O)O)N1CCOCC1. The molecule has 1 aliphatic heterocycles. The number of carbonyl (C=O) groups is 1. The fraction of sp³-hybridized carbons (Fsp3) is 0.421. The molecule has 0 aromatic rings. The molecule has 5 nitrogen and oxygen atoms in total. The van der Waals surface area contributed by atoms with Crippen molar-refractivity contribution in [2.45, 2.75) is 24.7 Å². The molecule has 25 heavy (non-hydrogen) atoms. The number of hydrogen-bond acceptors (Lipinski definition) is 4. The smallest absolute Gasteiger partial charge is 0.328 e. The Bertz CT molecular complexity index is 536. The van der Waals surface area contributed by atoms with Crippen molar-refractivity contribution in [3.63, 3.8) is 0 Å². The van der Waals surface area contributed by atoms with Gasteiger partial charge in [0.1, 0.15) is 0 Å². The largest absolute Gasteiger partial charge is 0.478 e. The number of carboxylic acids is 1. The van der Waals surface area contributed by atoms with Crippen molar-refractivity contribution in [1.29, 1.82) is 0 Å². The van der Waals surface area contributed by atoms with Crippen LogP contribution < -0.4 is 0 Å². The van der Waals surface area contributed by atoms with Crippen LogP contribution in [0.25, 0.3) is 0 Å². The van der Waals surface area contributed by atoms with Crippen LogP contribution in [0.2, 0.25) is 0 Å². The van der Waals surface area contributed by atoms with Gasteiger partial charge in [0.2, 0.25) is 0 Å². The summed E-state index contributed by atoms with van der Waals surface area (Å²) in [6.07, 6.45) is 7.25. The maximum Gasteiger partial charge on any atom is 0.328 e. The van der Waals surface area contributed by atoms with Gasteiger partial charge in [-0.15, -0.1) is 0 Å². The number of alkyl halides is 1. The van der Waals surface area contributed by atoms with Crippen molar-refractivity contribution >= 4 is 5.97 Å². The molecule has 3 unspecified atom stereocenters. The molecule has 1 saturated heterocycles. The van der Waals surface area contributed by atoms with E-state index >= 15 is 0 Å². The predicted molar refractivity (Wildman–Crippen MR) is 96.1 cm³/mol. The number of aliphatic hydroxyl groups is 1. The summed E-state index contributed by atoms with van der Waals surface area (Å²) in [7, 11) is 0. The van der Waals surface area contributed by atoms with Crippen LogP contribution in [0.1, 0.15) is 6.42 Å². The quantitative estimate of drug-likeness (QED) is 0.467. The summed E-state index contributed by atoms with van der Waals surface area (Å²) in [5, 5.41) is 19.2. The second-order valence-corrected chi connectivity index (χ2v) is 5.62. The number of allylic oxidation sites excluding steroid dienone is 5. The highest BCUT2D eigenvalue weighted by Gasteiger charge is 2.27. The second-order valence-electron chi connectivity index (χ2n) is 5.62. The molecule has 0 amide bonds. The Kier molecular flexibility index (Phi) is 9.69. The molecule has 3 atom stereocenters. The molecule has 0 bridgehead atoms. The Morgan fingerprint density at radius 2 is 1.92 bits per heavy atom. The van der Waals surface area contributed by atoms with Gasteiger partial charge in [0.25, 0.3) is 0 Å². The first-order chi connectivity index (χ1) is 12.0. The van der Waals surface area contributed by atoms with Gasteiger partial charge in [-0.3, -0.25) is 4.90 Å². The maximum atomic E-state index is 14.7. The molecule has 1 aliphatic rings. The van der Waals surface area contributed by atoms with E-state index in [4.69, 9.17) is 9.84 Å². The van der Waals surface area contributed by atoms with Crippen molar-refractivity contribution in [3.05, 3.63) is 61.3 Å². The van der Waals surface area contributed by atoms with Crippen molar-refractivity contribution in [3.8, 4) is 0 Å². The van der Waals surface area contributed by atoms with Crippen LogP contribution in [0.3, 0.4) is 0 Å². The average Bonchev–Trinajstić information content (AvgIpc) is 2.61. The summed E-state index contributed by atoms with van der Waals surface area (Å²) in [4.78, 5) is 12.8. The molecule has 0 saturated carbocycles. The number of hydrogen-bond donors (Lipinski definition) is 2. The van der Waals surface area contributed by atoms with Gasteiger partial charge in [-0.05, 0) is 12.0 Å². The van der Waals surface area contributed by atoms with Gasteiger partial charge >= 0.3 is 5.97 Å². The fourth-order valence-corrected chi connectivity index (χ4v) is 2.60. The minimum Gasteiger partial charge on any atom is -0.478 e. The van der Waals surface area contributed by atoms with Crippen LogP contribution in [0, 0.1) is 0 Å². The van der Waals surface area contributed by atoms with Crippen molar-refractivity contribution in [2.75, 3.05) is 26.3 Å². The van der Waals surface area contributed by atoms with E-state index in [0.29, 0.717) is 26.3 Å². The lowest BCUT2D eigenvalue weighted by Gasteiger charge is -2.34. The lowest BCUT2D eigenvalue weighted by Crippen LogP contribution is -2.45. The molecule has 0 aromatic carbocycles. The average molecular weight is 351 g/mol. The Morgan fingerprint density at radius 1 is 1.24 bits per heavy atom. The molecular formula is C19H26FNO4. The van der Waals surface area contributed by atoms with Crippen molar-refractivity contribution in [1.82, 2.24) is 4.90 Å². The number of nitrogens with zero attached hydrogens (tertiary/aromatic N) is 1. The molecule has 1 heterocycles. The first-order valence-electron chi connectivity index (χ1n) is 8.16.